The van der Waals surface area contributed by atoms with Crippen LogP contribution < -0.4 is 10.6 Å². The van der Waals surface area contributed by atoms with Crippen LogP contribution in [0.2, 0.25) is 0 Å². The van der Waals surface area contributed by atoms with Gasteiger partial charge in [0.25, 0.3) is 0 Å². The van der Waals surface area contributed by atoms with Crippen molar-refractivity contribution < 1.29 is 9.21 Å². The minimum atomic E-state index is -0.00321. The Morgan fingerprint density at radius 2 is 2.23 bits per heavy atom. The second-order valence-corrected chi connectivity index (χ2v) is 7.56. The van der Waals surface area contributed by atoms with E-state index in [2.05, 4.69) is 27.4 Å². The van der Waals surface area contributed by atoms with Gasteiger partial charge in [-0.15, -0.1) is 0 Å². The first kappa shape index (κ1) is 18.8. The average Bonchev–Trinajstić information content (AvgIpc) is 3.19. The summed E-state index contributed by atoms with van der Waals surface area (Å²) in [5.41, 5.74) is 0. The van der Waals surface area contributed by atoms with Crippen LogP contribution >= 0.6 is 0 Å². The number of carbonyl (C=O) groups is 1. The molecule has 1 saturated heterocycles. The lowest BCUT2D eigenvalue weighted by atomic mass is 10.2. The van der Waals surface area contributed by atoms with Gasteiger partial charge in [-0.3, -0.25) is 9.69 Å². The number of likely N-dealkylation sites (N-methyl/N-ethyl adjacent to an activating group) is 1. The maximum atomic E-state index is 11.9. The normalized spacial score (nSPS) is 23.9. The van der Waals surface area contributed by atoms with Gasteiger partial charge in [0.15, 0.2) is 5.96 Å². The van der Waals surface area contributed by atoms with Crippen LogP contribution in [-0.2, 0) is 11.2 Å². The molecule has 0 spiro atoms. The molecule has 1 aromatic rings. The number of amides is 1. The first-order chi connectivity index (χ1) is 12.5. The summed E-state index contributed by atoms with van der Waals surface area (Å²) in [6.07, 6.45) is 6.24. The molecule has 0 aromatic carbocycles. The zero-order valence-corrected chi connectivity index (χ0v) is 16.1. The molecule has 26 heavy (non-hydrogen) atoms. The third-order valence-electron chi connectivity index (χ3n) is 5.09. The summed E-state index contributed by atoms with van der Waals surface area (Å²) >= 11 is 0. The van der Waals surface area contributed by atoms with E-state index < -0.39 is 0 Å². The van der Waals surface area contributed by atoms with Gasteiger partial charge in [-0.2, -0.15) is 0 Å². The van der Waals surface area contributed by atoms with E-state index in [9.17, 15) is 4.79 Å². The van der Waals surface area contributed by atoms with E-state index in [1.54, 1.807) is 25.3 Å². The number of guanidine groups is 1. The summed E-state index contributed by atoms with van der Waals surface area (Å²) in [5.74, 6) is 1.65. The van der Waals surface area contributed by atoms with Gasteiger partial charge in [0.1, 0.15) is 12.3 Å². The first-order valence-corrected chi connectivity index (χ1v) is 9.56. The summed E-state index contributed by atoms with van der Waals surface area (Å²) in [6, 6.07) is 5.61. The van der Waals surface area contributed by atoms with Crippen LogP contribution in [-0.4, -0.2) is 73.5 Å². The molecular formula is C19H31N5O2. The molecule has 7 heteroatoms. The van der Waals surface area contributed by atoms with Gasteiger partial charge in [0, 0.05) is 51.7 Å². The fraction of sp³-hybridized carbons (Fsp3) is 0.684. The van der Waals surface area contributed by atoms with Crippen LogP contribution in [0.15, 0.2) is 27.8 Å². The zero-order valence-electron chi connectivity index (χ0n) is 16.1. The SMILES string of the molecule is CC1CC(NC(=NCC(=O)N(C)C)NCCc2ccco2)CN1C1CC1. The van der Waals surface area contributed by atoms with E-state index >= 15 is 0 Å². The molecule has 2 atom stereocenters. The van der Waals surface area contributed by atoms with Gasteiger partial charge in [-0.05, 0) is 38.3 Å². The third kappa shape index (κ3) is 5.24. The molecule has 1 saturated carbocycles. The van der Waals surface area contributed by atoms with Crippen LogP contribution in [0.1, 0.15) is 31.9 Å². The lowest BCUT2D eigenvalue weighted by Crippen LogP contribution is -2.45. The monoisotopic (exact) mass is 361 g/mol. The lowest BCUT2D eigenvalue weighted by molar-refractivity contribution is -0.127. The molecule has 0 radical (unpaired) electrons. The highest BCUT2D eigenvalue weighted by Crippen LogP contribution is 2.33. The van der Waals surface area contributed by atoms with Crippen LogP contribution in [0.25, 0.3) is 0 Å². The van der Waals surface area contributed by atoms with Crippen LogP contribution in [0.5, 0.6) is 0 Å². The number of rotatable bonds is 7. The highest BCUT2D eigenvalue weighted by atomic mass is 16.3. The number of nitrogens with zero attached hydrogens (tertiary/aromatic N) is 3. The van der Waals surface area contributed by atoms with Crippen molar-refractivity contribution in [1.82, 2.24) is 20.4 Å². The second kappa shape index (κ2) is 8.58. The Hall–Kier alpha value is -2.02. The Morgan fingerprint density at radius 3 is 2.88 bits per heavy atom. The molecule has 1 amide bonds. The molecule has 2 N–H and O–H groups in total. The zero-order chi connectivity index (χ0) is 18.5. The number of likely N-dealkylation sites (tertiary alicyclic amines) is 1. The van der Waals surface area contributed by atoms with Gasteiger partial charge in [0.2, 0.25) is 5.91 Å². The Labute approximate surface area is 155 Å². The van der Waals surface area contributed by atoms with Gasteiger partial charge in [-0.1, -0.05) is 0 Å². The molecule has 1 aliphatic heterocycles. The molecule has 2 unspecified atom stereocenters. The predicted molar refractivity (Wildman–Crippen MR) is 102 cm³/mol. The summed E-state index contributed by atoms with van der Waals surface area (Å²) < 4.78 is 5.37. The quantitative estimate of drug-likeness (QED) is 0.561. The van der Waals surface area contributed by atoms with Crippen molar-refractivity contribution in [1.29, 1.82) is 0 Å². The second-order valence-electron chi connectivity index (χ2n) is 7.56. The molecule has 2 fully saturated rings. The van der Waals surface area contributed by atoms with Crippen molar-refractivity contribution in [3.63, 3.8) is 0 Å². The van der Waals surface area contributed by atoms with Crippen molar-refractivity contribution in [2.75, 3.05) is 33.7 Å². The topological polar surface area (TPSA) is 73.1 Å². The lowest BCUT2D eigenvalue weighted by Gasteiger charge is -2.20. The fourth-order valence-corrected chi connectivity index (χ4v) is 3.47. The van der Waals surface area contributed by atoms with Crippen molar-refractivity contribution in [2.24, 2.45) is 4.99 Å². The maximum Gasteiger partial charge on any atom is 0.243 e. The molecule has 1 aromatic heterocycles. The molecule has 0 bridgehead atoms. The first-order valence-electron chi connectivity index (χ1n) is 9.56. The maximum absolute atomic E-state index is 11.9. The van der Waals surface area contributed by atoms with E-state index in [1.807, 2.05) is 12.1 Å². The number of hydrogen-bond acceptors (Lipinski definition) is 4. The van der Waals surface area contributed by atoms with Crippen molar-refractivity contribution in [3.8, 4) is 0 Å². The molecule has 144 valence electrons. The summed E-state index contributed by atoms with van der Waals surface area (Å²) in [5, 5.41) is 6.87. The molecule has 3 rings (SSSR count). The van der Waals surface area contributed by atoms with Crippen LogP contribution in [0, 0.1) is 0 Å². The Bertz CT molecular complexity index is 609. The third-order valence-corrected chi connectivity index (χ3v) is 5.09. The molecule has 1 aliphatic carbocycles. The molecule has 2 heterocycles. The molecular weight excluding hydrogens is 330 g/mol. The van der Waals surface area contributed by atoms with Gasteiger partial charge in [0.05, 0.1) is 6.26 Å². The Balaban J connectivity index is 1.54. The smallest absolute Gasteiger partial charge is 0.243 e. The van der Waals surface area contributed by atoms with Gasteiger partial charge in [-0.25, -0.2) is 4.99 Å². The minimum absolute atomic E-state index is 0.00321. The van der Waals surface area contributed by atoms with E-state index in [0.29, 0.717) is 24.6 Å². The van der Waals surface area contributed by atoms with E-state index in [-0.39, 0.29) is 12.5 Å². The highest BCUT2D eigenvalue weighted by molar-refractivity contribution is 5.85. The number of aliphatic imine (C=N–C) groups is 1. The summed E-state index contributed by atoms with van der Waals surface area (Å²) in [6.45, 7) is 4.21. The molecule has 2 aliphatic rings. The van der Waals surface area contributed by atoms with Crippen molar-refractivity contribution in [3.05, 3.63) is 24.2 Å². The van der Waals surface area contributed by atoms with E-state index in [4.69, 9.17) is 4.42 Å². The van der Waals surface area contributed by atoms with Crippen molar-refractivity contribution >= 4 is 11.9 Å². The van der Waals surface area contributed by atoms with Gasteiger partial charge < -0.3 is 20.0 Å². The Morgan fingerprint density at radius 1 is 1.42 bits per heavy atom. The predicted octanol–water partition coefficient (Wildman–Crippen LogP) is 1.07. The molecule has 7 nitrogen and oxygen atoms in total. The van der Waals surface area contributed by atoms with Crippen LogP contribution in [0.3, 0.4) is 0 Å². The summed E-state index contributed by atoms with van der Waals surface area (Å²) in [7, 11) is 3.50. The van der Waals surface area contributed by atoms with Gasteiger partial charge >= 0.3 is 0 Å². The number of nitrogens with one attached hydrogen (secondary N) is 2. The van der Waals surface area contributed by atoms with E-state index in [1.165, 1.54) is 12.8 Å². The summed E-state index contributed by atoms with van der Waals surface area (Å²) in [4.78, 5) is 20.5. The average molecular weight is 361 g/mol. The highest BCUT2D eigenvalue weighted by Gasteiger charge is 2.38. The van der Waals surface area contributed by atoms with Crippen molar-refractivity contribution in [2.45, 2.75) is 50.7 Å². The number of carbonyl (C=O) groups excluding carboxylic acids is 1. The largest absolute Gasteiger partial charge is 0.469 e. The standard InChI is InChI=1S/C19H31N5O2/c1-14-11-15(13-24(14)16-6-7-16)22-19(21-12-18(25)23(2)3)20-9-8-17-5-4-10-26-17/h4-5,10,14-16H,6-9,11-13H2,1-3H3,(H2,20,21,22). The minimum Gasteiger partial charge on any atom is -0.469 e. The number of furan rings is 1. The fourth-order valence-electron chi connectivity index (χ4n) is 3.47. The number of hydrogen-bond donors (Lipinski definition) is 2. The van der Waals surface area contributed by atoms with Crippen LogP contribution in [0.4, 0.5) is 0 Å². The Kier molecular flexibility index (Phi) is 6.19. The van der Waals surface area contributed by atoms with E-state index in [0.717, 1.165) is 31.2 Å².